The van der Waals surface area contributed by atoms with Gasteiger partial charge in [-0.05, 0) is 55.8 Å². The highest BCUT2D eigenvalue weighted by molar-refractivity contribution is 5.94. The first-order valence-corrected chi connectivity index (χ1v) is 11.5. The molecule has 1 aliphatic rings. The molecule has 3 aromatic rings. The number of nitrogens with zero attached hydrogens (tertiary/aromatic N) is 3. The molecule has 0 spiro atoms. The van der Waals surface area contributed by atoms with Crippen LogP contribution in [0.3, 0.4) is 0 Å². The van der Waals surface area contributed by atoms with Gasteiger partial charge in [-0.15, -0.1) is 0 Å². The number of pyridine rings is 1. The summed E-state index contributed by atoms with van der Waals surface area (Å²) in [7, 11) is 0. The fourth-order valence-corrected chi connectivity index (χ4v) is 4.03. The van der Waals surface area contributed by atoms with Crippen LogP contribution in [0, 0.1) is 0 Å². The highest BCUT2D eigenvalue weighted by atomic mass is 16.5. The van der Waals surface area contributed by atoms with Gasteiger partial charge in [-0.1, -0.05) is 36.4 Å². The highest BCUT2D eigenvalue weighted by Crippen LogP contribution is 2.24. The van der Waals surface area contributed by atoms with Crippen LogP contribution in [-0.2, 0) is 20.9 Å². The first-order valence-electron chi connectivity index (χ1n) is 11.5. The topological polar surface area (TPSA) is 74.8 Å². The summed E-state index contributed by atoms with van der Waals surface area (Å²) in [5.41, 5.74) is 2.75. The Hall–Kier alpha value is -3.71. The van der Waals surface area contributed by atoms with Crippen molar-refractivity contribution in [2.45, 2.75) is 32.6 Å². The van der Waals surface area contributed by atoms with Crippen LogP contribution >= 0.6 is 0 Å². The van der Waals surface area contributed by atoms with Gasteiger partial charge in [-0.2, -0.15) is 0 Å². The summed E-state index contributed by atoms with van der Waals surface area (Å²) in [5, 5.41) is 2.91. The molecule has 1 fully saturated rings. The predicted molar refractivity (Wildman–Crippen MR) is 134 cm³/mol. The number of Topliss-reactive ketones (excluding diaryl/α,β-unsaturated/α-hetero) is 1. The van der Waals surface area contributed by atoms with E-state index in [-0.39, 0.29) is 17.7 Å². The quantitative estimate of drug-likeness (QED) is 0.552. The molecule has 4 rings (SSSR count). The number of nitrogens with one attached hydrogen (secondary N) is 1. The molecule has 176 valence electrons. The van der Waals surface area contributed by atoms with Crippen molar-refractivity contribution < 1.29 is 14.3 Å². The van der Waals surface area contributed by atoms with Crippen molar-refractivity contribution in [3.8, 4) is 0 Å². The highest BCUT2D eigenvalue weighted by Gasteiger charge is 2.31. The zero-order valence-corrected chi connectivity index (χ0v) is 19.6. The zero-order chi connectivity index (χ0) is 23.9. The molecule has 1 saturated heterocycles. The number of carbonyl (C=O) groups excluding carboxylic acids is 2. The minimum absolute atomic E-state index is 0.115. The van der Waals surface area contributed by atoms with E-state index in [2.05, 4.69) is 20.1 Å². The molecule has 2 heterocycles. The molecule has 1 N–H and O–H groups in total. The maximum atomic E-state index is 12.5. The third-order valence-corrected chi connectivity index (χ3v) is 6.01. The number of ketones is 1. The van der Waals surface area contributed by atoms with E-state index >= 15 is 0 Å². The second-order valence-electron chi connectivity index (χ2n) is 8.43. The van der Waals surface area contributed by atoms with Crippen molar-refractivity contribution in [3.63, 3.8) is 0 Å². The number of hydrogen-bond acceptors (Lipinski definition) is 6. The summed E-state index contributed by atoms with van der Waals surface area (Å²) in [6.45, 7) is 5.82. The van der Waals surface area contributed by atoms with Crippen molar-refractivity contribution >= 4 is 28.9 Å². The molecule has 34 heavy (non-hydrogen) atoms. The third kappa shape index (κ3) is 5.80. The number of hydrogen-bond donors (Lipinski definition) is 1. The van der Waals surface area contributed by atoms with E-state index in [4.69, 9.17) is 4.74 Å². The van der Waals surface area contributed by atoms with Gasteiger partial charge in [0.2, 0.25) is 0 Å². The summed E-state index contributed by atoms with van der Waals surface area (Å²) in [6, 6.07) is 23.0. The molecule has 0 bridgehead atoms. The van der Waals surface area contributed by atoms with Crippen LogP contribution in [0.4, 0.5) is 17.2 Å². The fraction of sp³-hybridized carbons (Fsp3) is 0.296. The monoisotopic (exact) mass is 458 g/mol. The summed E-state index contributed by atoms with van der Waals surface area (Å²) in [4.78, 5) is 33.6. The normalized spacial score (nSPS) is 16.7. The van der Waals surface area contributed by atoms with Crippen LogP contribution in [0.5, 0.6) is 0 Å². The molecule has 2 aromatic carbocycles. The number of ether oxygens (including phenoxy) is 1. The zero-order valence-electron chi connectivity index (χ0n) is 19.6. The van der Waals surface area contributed by atoms with Gasteiger partial charge in [0.15, 0.2) is 5.78 Å². The molecular weight excluding hydrogens is 428 g/mol. The maximum absolute atomic E-state index is 12.5. The Morgan fingerprint density at radius 1 is 1.03 bits per heavy atom. The molecule has 7 heteroatoms. The third-order valence-electron chi connectivity index (χ3n) is 6.01. The van der Waals surface area contributed by atoms with E-state index in [0.29, 0.717) is 25.4 Å². The summed E-state index contributed by atoms with van der Waals surface area (Å²) >= 11 is 0. The first-order chi connectivity index (χ1) is 16.5. The molecule has 0 saturated carbocycles. The van der Waals surface area contributed by atoms with Crippen molar-refractivity contribution in [2.24, 2.45) is 0 Å². The Morgan fingerprint density at radius 3 is 2.44 bits per heavy atom. The summed E-state index contributed by atoms with van der Waals surface area (Å²) in [5.74, 6) is 0.747. The first kappa shape index (κ1) is 23.4. The van der Waals surface area contributed by atoms with Gasteiger partial charge in [0.05, 0.1) is 6.61 Å². The van der Waals surface area contributed by atoms with Gasteiger partial charge in [-0.25, -0.2) is 4.98 Å². The van der Waals surface area contributed by atoms with Crippen molar-refractivity contribution in [2.75, 3.05) is 34.8 Å². The number of carbonyl (C=O) groups is 2. The number of piperazine rings is 1. The lowest BCUT2D eigenvalue weighted by Crippen LogP contribution is -2.56. The molecule has 0 radical (unpaired) electrons. The van der Waals surface area contributed by atoms with Crippen LogP contribution in [0.2, 0.25) is 0 Å². The van der Waals surface area contributed by atoms with E-state index in [1.165, 1.54) is 0 Å². The summed E-state index contributed by atoms with van der Waals surface area (Å²) < 4.78 is 5.70. The molecule has 7 nitrogen and oxygen atoms in total. The second-order valence-corrected chi connectivity index (χ2v) is 8.43. The molecule has 0 aliphatic carbocycles. The standard InChI is InChI=1S/C27H30N4O3/c1-20(32)25-18-30(16-17-31(25)26-10-6-7-15-28-26)24-13-11-23(12-14-24)29-27(33)21(2)34-19-22-8-4-3-5-9-22/h3-15,21,25H,16-19H2,1-2H3,(H,29,33). The van der Waals surface area contributed by atoms with E-state index in [9.17, 15) is 9.59 Å². The largest absolute Gasteiger partial charge is 0.367 e. The number of amides is 1. The van der Waals surface area contributed by atoms with Crippen LogP contribution in [0.25, 0.3) is 0 Å². The molecule has 2 unspecified atom stereocenters. The second kappa shape index (κ2) is 10.9. The number of aromatic nitrogens is 1. The minimum atomic E-state index is -0.573. The Bertz CT molecular complexity index is 1090. The Balaban J connectivity index is 1.34. The van der Waals surface area contributed by atoms with Crippen molar-refractivity contribution in [1.82, 2.24) is 4.98 Å². The Kier molecular flexibility index (Phi) is 7.54. The van der Waals surface area contributed by atoms with Crippen LogP contribution in [0.15, 0.2) is 79.0 Å². The Labute approximate surface area is 200 Å². The predicted octanol–water partition coefficient (Wildman–Crippen LogP) is 3.91. The lowest BCUT2D eigenvalue weighted by molar-refractivity contribution is -0.127. The van der Waals surface area contributed by atoms with Gasteiger partial charge >= 0.3 is 0 Å². The fourth-order valence-electron chi connectivity index (χ4n) is 4.03. The van der Waals surface area contributed by atoms with E-state index < -0.39 is 6.10 Å². The molecule has 2 atom stereocenters. The Morgan fingerprint density at radius 2 is 1.76 bits per heavy atom. The maximum Gasteiger partial charge on any atom is 0.253 e. The smallest absolute Gasteiger partial charge is 0.253 e. The van der Waals surface area contributed by atoms with Gasteiger partial charge < -0.3 is 19.9 Å². The van der Waals surface area contributed by atoms with Gasteiger partial charge in [0, 0.05) is 37.2 Å². The molecular formula is C27H30N4O3. The SMILES string of the molecule is CC(=O)C1CN(c2ccc(NC(=O)C(C)OCc3ccccc3)cc2)CCN1c1ccccn1. The number of anilines is 3. The van der Waals surface area contributed by atoms with Crippen LogP contribution in [0.1, 0.15) is 19.4 Å². The molecule has 1 amide bonds. The minimum Gasteiger partial charge on any atom is -0.367 e. The molecule has 1 aliphatic heterocycles. The van der Waals surface area contributed by atoms with E-state index in [1.807, 2.05) is 72.8 Å². The van der Waals surface area contributed by atoms with Crippen LogP contribution < -0.4 is 15.1 Å². The number of benzene rings is 2. The van der Waals surface area contributed by atoms with E-state index in [0.717, 1.165) is 23.6 Å². The van der Waals surface area contributed by atoms with Gasteiger partial charge in [0.1, 0.15) is 18.0 Å². The van der Waals surface area contributed by atoms with Crippen molar-refractivity contribution in [3.05, 3.63) is 84.6 Å². The van der Waals surface area contributed by atoms with Crippen molar-refractivity contribution in [1.29, 1.82) is 0 Å². The average Bonchev–Trinajstić information content (AvgIpc) is 2.88. The average molecular weight is 459 g/mol. The summed E-state index contributed by atoms with van der Waals surface area (Å²) in [6.07, 6.45) is 1.18. The lowest BCUT2D eigenvalue weighted by Gasteiger charge is -2.42. The van der Waals surface area contributed by atoms with E-state index in [1.54, 1.807) is 20.0 Å². The van der Waals surface area contributed by atoms with Crippen LogP contribution in [-0.4, -0.2) is 48.5 Å². The van der Waals surface area contributed by atoms with Gasteiger partial charge in [0.25, 0.3) is 5.91 Å². The molecule has 1 aromatic heterocycles. The number of rotatable bonds is 8. The van der Waals surface area contributed by atoms with Gasteiger partial charge in [-0.3, -0.25) is 9.59 Å². The lowest BCUT2D eigenvalue weighted by atomic mass is 10.1.